The van der Waals surface area contributed by atoms with Gasteiger partial charge in [0, 0.05) is 0 Å². The fourth-order valence-electron chi connectivity index (χ4n) is 1.24. The monoisotopic (exact) mass is 232 g/mol. The van der Waals surface area contributed by atoms with Crippen LogP contribution in [0.1, 0.15) is 36.4 Å². The van der Waals surface area contributed by atoms with Crippen LogP contribution in [0, 0.1) is 0 Å². The lowest BCUT2D eigenvalue weighted by Gasteiger charge is -2.22. The van der Waals surface area contributed by atoms with Gasteiger partial charge in [-0.3, -0.25) is 4.79 Å². The zero-order valence-corrected chi connectivity index (χ0v) is 9.78. The number of hydrogen-bond donors (Lipinski definition) is 1. The van der Waals surface area contributed by atoms with Crippen molar-refractivity contribution < 1.29 is 9.90 Å². The highest BCUT2D eigenvalue weighted by Crippen LogP contribution is 2.29. The predicted octanol–water partition coefficient (Wildman–Crippen LogP) is 3.14. The van der Waals surface area contributed by atoms with E-state index in [1.165, 1.54) is 11.3 Å². The van der Waals surface area contributed by atoms with Crippen LogP contribution in [0.5, 0.6) is 0 Å². The third-order valence-electron chi connectivity index (χ3n) is 2.42. The highest BCUT2D eigenvalue weighted by atomic mass is 35.5. The number of thiophene rings is 1. The van der Waals surface area contributed by atoms with Gasteiger partial charge in [0.05, 0.1) is 9.90 Å². The van der Waals surface area contributed by atoms with Gasteiger partial charge in [-0.15, -0.1) is 11.3 Å². The van der Waals surface area contributed by atoms with E-state index in [4.69, 9.17) is 11.6 Å². The first-order valence-corrected chi connectivity index (χ1v) is 5.81. The Balaban J connectivity index is 3.01. The van der Waals surface area contributed by atoms with Crippen LogP contribution in [0.2, 0.25) is 5.02 Å². The molecule has 4 heteroatoms. The molecule has 1 aromatic heterocycles. The third kappa shape index (κ3) is 2.00. The number of carbonyl (C=O) groups is 1. The minimum Gasteiger partial charge on any atom is -0.382 e. The Morgan fingerprint density at radius 3 is 2.50 bits per heavy atom. The summed E-state index contributed by atoms with van der Waals surface area (Å²) in [5.74, 6) is -0.262. The Hall–Kier alpha value is -0.380. The van der Waals surface area contributed by atoms with E-state index in [1.54, 1.807) is 25.3 Å². The number of hydrogen-bond acceptors (Lipinski definition) is 3. The quantitative estimate of drug-likeness (QED) is 0.810. The molecular weight excluding hydrogens is 220 g/mol. The van der Waals surface area contributed by atoms with Gasteiger partial charge in [0.15, 0.2) is 0 Å². The van der Waals surface area contributed by atoms with E-state index in [0.29, 0.717) is 22.7 Å². The SMILES string of the molecule is CCC(O)(CC)C(=O)c1sccc1Cl. The molecule has 0 atom stereocenters. The summed E-state index contributed by atoms with van der Waals surface area (Å²) in [5.41, 5.74) is -1.26. The number of aliphatic hydroxyl groups is 1. The molecule has 0 aliphatic rings. The summed E-state index contributed by atoms with van der Waals surface area (Å²) in [5, 5.41) is 12.2. The molecule has 1 N–H and O–H groups in total. The van der Waals surface area contributed by atoms with Crippen molar-refractivity contribution in [2.24, 2.45) is 0 Å². The molecule has 0 bridgehead atoms. The number of halogens is 1. The molecule has 0 fully saturated rings. The van der Waals surface area contributed by atoms with Gasteiger partial charge in [-0.2, -0.15) is 0 Å². The van der Waals surface area contributed by atoms with E-state index < -0.39 is 5.60 Å². The maximum atomic E-state index is 11.9. The summed E-state index contributed by atoms with van der Waals surface area (Å²) in [7, 11) is 0. The number of carbonyl (C=O) groups excluding carboxylic acids is 1. The Morgan fingerprint density at radius 1 is 1.57 bits per heavy atom. The first kappa shape index (κ1) is 11.7. The van der Waals surface area contributed by atoms with Crippen molar-refractivity contribution in [3.63, 3.8) is 0 Å². The van der Waals surface area contributed by atoms with E-state index in [9.17, 15) is 9.90 Å². The van der Waals surface area contributed by atoms with Crippen molar-refractivity contribution in [3.8, 4) is 0 Å². The van der Waals surface area contributed by atoms with Crippen LogP contribution in [0.4, 0.5) is 0 Å². The molecule has 1 heterocycles. The Morgan fingerprint density at radius 2 is 2.14 bits per heavy atom. The molecule has 0 aromatic carbocycles. The summed E-state index contributed by atoms with van der Waals surface area (Å²) < 4.78 is 0. The van der Waals surface area contributed by atoms with Crippen LogP contribution < -0.4 is 0 Å². The Labute approximate surface area is 92.5 Å². The van der Waals surface area contributed by atoms with Gasteiger partial charge < -0.3 is 5.11 Å². The second-order valence-corrected chi connectivity index (χ2v) is 4.49. The van der Waals surface area contributed by atoms with Crippen LogP contribution in [-0.2, 0) is 0 Å². The zero-order valence-electron chi connectivity index (χ0n) is 8.21. The number of Topliss-reactive ketones (excluding diaryl/α,β-unsaturated/α-hetero) is 1. The second kappa shape index (κ2) is 4.43. The topological polar surface area (TPSA) is 37.3 Å². The van der Waals surface area contributed by atoms with Gasteiger partial charge in [-0.1, -0.05) is 25.4 Å². The summed E-state index contributed by atoms with van der Waals surface area (Å²) in [4.78, 5) is 12.3. The van der Waals surface area contributed by atoms with Gasteiger partial charge in [0.2, 0.25) is 5.78 Å². The van der Waals surface area contributed by atoms with Gasteiger partial charge in [-0.05, 0) is 24.3 Å². The van der Waals surface area contributed by atoms with Gasteiger partial charge in [0.25, 0.3) is 0 Å². The molecule has 0 unspecified atom stereocenters. The molecule has 1 rings (SSSR count). The average molecular weight is 233 g/mol. The fourth-order valence-corrected chi connectivity index (χ4v) is 2.41. The molecule has 0 saturated carbocycles. The smallest absolute Gasteiger partial charge is 0.205 e. The third-order valence-corrected chi connectivity index (χ3v) is 3.76. The largest absolute Gasteiger partial charge is 0.382 e. The maximum Gasteiger partial charge on any atom is 0.205 e. The van der Waals surface area contributed by atoms with Gasteiger partial charge in [0.1, 0.15) is 5.60 Å². The molecule has 0 aliphatic carbocycles. The van der Waals surface area contributed by atoms with Crippen molar-refractivity contribution in [3.05, 3.63) is 21.3 Å². The number of ketones is 1. The highest BCUT2D eigenvalue weighted by molar-refractivity contribution is 7.12. The van der Waals surface area contributed by atoms with Gasteiger partial charge in [-0.25, -0.2) is 0 Å². The minimum absolute atomic E-state index is 0.262. The molecule has 0 amide bonds. The van der Waals surface area contributed by atoms with Crippen LogP contribution >= 0.6 is 22.9 Å². The second-order valence-electron chi connectivity index (χ2n) is 3.17. The van der Waals surface area contributed by atoms with E-state index in [2.05, 4.69) is 0 Å². The molecule has 2 nitrogen and oxygen atoms in total. The molecule has 0 radical (unpaired) electrons. The van der Waals surface area contributed by atoms with Gasteiger partial charge >= 0.3 is 0 Å². The van der Waals surface area contributed by atoms with Crippen molar-refractivity contribution in [2.45, 2.75) is 32.3 Å². The molecule has 14 heavy (non-hydrogen) atoms. The average Bonchev–Trinajstić information content (AvgIpc) is 2.62. The van der Waals surface area contributed by atoms with E-state index in [-0.39, 0.29) is 5.78 Å². The highest BCUT2D eigenvalue weighted by Gasteiger charge is 2.34. The van der Waals surface area contributed by atoms with Crippen LogP contribution in [-0.4, -0.2) is 16.5 Å². The standard InChI is InChI=1S/C10H13ClO2S/c1-3-10(13,4-2)9(12)8-7(11)5-6-14-8/h5-6,13H,3-4H2,1-2H3. The lowest BCUT2D eigenvalue weighted by atomic mass is 9.91. The fraction of sp³-hybridized carbons (Fsp3) is 0.500. The first-order valence-electron chi connectivity index (χ1n) is 4.55. The van der Waals surface area contributed by atoms with Crippen LogP contribution in [0.15, 0.2) is 11.4 Å². The molecule has 0 spiro atoms. The number of rotatable bonds is 4. The summed E-state index contributed by atoms with van der Waals surface area (Å²) in [6.45, 7) is 3.59. The van der Waals surface area contributed by atoms with E-state index in [1.807, 2.05) is 0 Å². The minimum atomic E-state index is -1.26. The molecule has 78 valence electrons. The van der Waals surface area contributed by atoms with Crippen LogP contribution in [0.3, 0.4) is 0 Å². The van der Waals surface area contributed by atoms with Crippen molar-refractivity contribution in [2.75, 3.05) is 0 Å². The zero-order chi connectivity index (χ0) is 10.8. The van der Waals surface area contributed by atoms with Crippen molar-refractivity contribution >= 4 is 28.7 Å². The normalized spacial score (nSPS) is 11.7. The Bertz CT molecular complexity index is 329. The molecular formula is C10H13ClO2S. The Kier molecular flexibility index (Phi) is 3.70. The lowest BCUT2D eigenvalue weighted by molar-refractivity contribution is 0.0282. The first-order chi connectivity index (χ1) is 6.55. The summed E-state index contributed by atoms with van der Waals surface area (Å²) in [6, 6.07) is 1.67. The van der Waals surface area contributed by atoms with E-state index in [0.717, 1.165) is 0 Å². The molecule has 0 aliphatic heterocycles. The predicted molar refractivity (Wildman–Crippen MR) is 59.2 cm³/mol. The molecule has 1 aromatic rings. The molecule has 0 saturated heterocycles. The van der Waals surface area contributed by atoms with Crippen molar-refractivity contribution in [1.29, 1.82) is 0 Å². The van der Waals surface area contributed by atoms with Crippen LogP contribution in [0.25, 0.3) is 0 Å². The van der Waals surface area contributed by atoms with Crippen molar-refractivity contribution in [1.82, 2.24) is 0 Å². The summed E-state index contributed by atoms with van der Waals surface area (Å²) >= 11 is 7.11. The summed E-state index contributed by atoms with van der Waals surface area (Å²) in [6.07, 6.45) is 0.827. The van der Waals surface area contributed by atoms with E-state index >= 15 is 0 Å². The maximum absolute atomic E-state index is 11.9. The lowest BCUT2D eigenvalue weighted by Crippen LogP contribution is -2.36.